The summed E-state index contributed by atoms with van der Waals surface area (Å²) in [5, 5.41) is 12.5. The molecule has 0 saturated heterocycles. The third kappa shape index (κ3) is 5.02. The minimum atomic E-state index is -0.732. The van der Waals surface area contributed by atoms with Crippen LogP contribution in [-0.4, -0.2) is 24.4 Å². The monoisotopic (exact) mass is 207 g/mol. The highest BCUT2D eigenvalue weighted by molar-refractivity contribution is 5.13. The normalized spacial score (nSPS) is 11.8. The Morgan fingerprint density at radius 1 is 1.40 bits per heavy atom. The van der Waals surface area contributed by atoms with E-state index in [4.69, 9.17) is 10.3 Å². The zero-order chi connectivity index (χ0) is 10.9. The summed E-state index contributed by atoms with van der Waals surface area (Å²) in [6.07, 6.45) is -0.732. The van der Waals surface area contributed by atoms with Crippen LogP contribution >= 0.6 is 0 Å². The summed E-state index contributed by atoms with van der Waals surface area (Å²) in [6.45, 7) is 0.674. The van der Waals surface area contributed by atoms with Gasteiger partial charge in [0.1, 0.15) is 0 Å². The summed E-state index contributed by atoms with van der Waals surface area (Å²) < 4.78 is 5.25. The average Bonchev–Trinajstić information content (AvgIpc) is 2.28. The van der Waals surface area contributed by atoms with Crippen LogP contribution < -0.4 is 0 Å². The first-order valence-corrected chi connectivity index (χ1v) is 4.63. The molecule has 0 aromatic heterocycles. The Morgan fingerprint density at radius 2 is 2.13 bits per heavy atom. The molecule has 80 valence electrons. The highest BCUT2D eigenvalue weighted by Gasteiger charge is 2.02. The van der Waals surface area contributed by atoms with Crippen molar-refractivity contribution in [3.63, 3.8) is 0 Å². The lowest BCUT2D eigenvalue weighted by Gasteiger charge is -2.08. The van der Waals surface area contributed by atoms with Crippen LogP contribution in [0.15, 0.2) is 35.4 Å². The SMILES string of the molecule is [N-]=[N+]=NC[C@H](O)COCc1ccccc1. The lowest BCUT2D eigenvalue weighted by Crippen LogP contribution is -2.18. The zero-order valence-corrected chi connectivity index (χ0v) is 8.28. The van der Waals surface area contributed by atoms with Gasteiger partial charge in [-0.1, -0.05) is 35.4 Å². The second kappa shape index (κ2) is 6.84. The minimum absolute atomic E-state index is 0.0469. The van der Waals surface area contributed by atoms with Gasteiger partial charge in [-0.2, -0.15) is 0 Å². The second-order valence-electron chi connectivity index (χ2n) is 3.07. The molecule has 0 spiro atoms. The molecule has 5 heteroatoms. The van der Waals surface area contributed by atoms with Gasteiger partial charge in [0.2, 0.25) is 0 Å². The Kier molecular flexibility index (Phi) is 5.25. The van der Waals surface area contributed by atoms with Gasteiger partial charge in [0.05, 0.1) is 25.9 Å². The number of hydrogen-bond acceptors (Lipinski definition) is 3. The molecule has 1 aromatic rings. The molecule has 0 aliphatic carbocycles. The highest BCUT2D eigenvalue weighted by Crippen LogP contribution is 2.00. The van der Waals surface area contributed by atoms with E-state index in [1.165, 1.54) is 0 Å². The maximum Gasteiger partial charge on any atom is 0.0830 e. The van der Waals surface area contributed by atoms with Gasteiger partial charge in [0.25, 0.3) is 0 Å². The average molecular weight is 207 g/mol. The van der Waals surface area contributed by atoms with Crippen LogP contribution in [0.25, 0.3) is 10.4 Å². The van der Waals surface area contributed by atoms with E-state index in [2.05, 4.69) is 10.0 Å². The summed E-state index contributed by atoms with van der Waals surface area (Å²) in [4.78, 5) is 2.55. The Labute approximate surface area is 87.9 Å². The van der Waals surface area contributed by atoms with Crippen molar-refractivity contribution in [2.75, 3.05) is 13.2 Å². The molecule has 0 aliphatic rings. The third-order valence-electron chi connectivity index (χ3n) is 1.78. The van der Waals surface area contributed by atoms with Gasteiger partial charge < -0.3 is 9.84 Å². The maximum atomic E-state index is 9.27. The van der Waals surface area contributed by atoms with Crippen LogP contribution in [0.2, 0.25) is 0 Å². The van der Waals surface area contributed by atoms with Crippen LogP contribution in [0.5, 0.6) is 0 Å². The molecule has 15 heavy (non-hydrogen) atoms. The standard InChI is InChI=1S/C10H13N3O2/c11-13-12-6-10(14)8-15-7-9-4-2-1-3-5-9/h1-5,10,14H,6-8H2/t10-/m0/s1. The number of nitrogens with zero attached hydrogens (tertiary/aromatic N) is 3. The molecule has 1 N–H and O–H groups in total. The van der Waals surface area contributed by atoms with Crippen LogP contribution in [0.1, 0.15) is 5.56 Å². The second-order valence-corrected chi connectivity index (χ2v) is 3.07. The first-order valence-electron chi connectivity index (χ1n) is 4.63. The molecule has 0 unspecified atom stereocenters. The van der Waals surface area contributed by atoms with Crippen molar-refractivity contribution in [1.29, 1.82) is 0 Å². The summed E-state index contributed by atoms with van der Waals surface area (Å²) >= 11 is 0. The fraction of sp³-hybridized carbons (Fsp3) is 0.400. The smallest absolute Gasteiger partial charge is 0.0830 e. The molecule has 0 amide bonds. The first kappa shape index (κ1) is 11.5. The van der Waals surface area contributed by atoms with E-state index >= 15 is 0 Å². The lowest BCUT2D eigenvalue weighted by molar-refractivity contribution is 0.0329. The van der Waals surface area contributed by atoms with Gasteiger partial charge in [0.15, 0.2) is 0 Å². The molecule has 0 radical (unpaired) electrons. The highest BCUT2D eigenvalue weighted by atomic mass is 16.5. The molecular formula is C10H13N3O2. The van der Waals surface area contributed by atoms with Gasteiger partial charge >= 0.3 is 0 Å². The largest absolute Gasteiger partial charge is 0.391 e. The molecule has 0 fully saturated rings. The van der Waals surface area contributed by atoms with Crippen LogP contribution in [0.3, 0.4) is 0 Å². The number of aliphatic hydroxyl groups excluding tert-OH is 1. The fourth-order valence-corrected chi connectivity index (χ4v) is 1.07. The minimum Gasteiger partial charge on any atom is -0.391 e. The van der Waals surface area contributed by atoms with Crippen molar-refractivity contribution in [1.82, 2.24) is 0 Å². The van der Waals surface area contributed by atoms with E-state index in [1.807, 2.05) is 30.3 Å². The number of azide groups is 1. The van der Waals surface area contributed by atoms with Crippen molar-refractivity contribution in [3.05, 3.63) is 46.3 Å². The van der Waals surface area contributed by atoms with E-state index in [0.717, 1.165) is 5.56 Å². The zero-order valence-electron chi connectivity index (χ0n) is 8.28. The van der Waals surface area contributed by atoms with Crippen molar-refractivity contribution in [2.45, 2.75) is 12.7 Å². The first-order chi connectivity index (χ1) is 7.33. The molecule has 5 nitrogen and oxygen atoms in total. The van der Waals surface area contributed by atoms with Crippen LogP contribution in [0, 0.1) is 0 Å². The van der Waals surface area contributed by atoms with E-state index in [-0.39, 0.29) is 13.2 Å². The number of rotatable bonds is 6. The predicted molar refractivity (Wildman–Crippen MR) is 56.1 cm³/mol. The van der Waals surface area contributed by atoms with Crippen LogP contribution in [0.4, 0.5) is 0 Å². The topological polar surface area (TPSA) is 78.2 Å². The lowest BCUT2D eigenvalue weighted by atomic mass is 10.2. The van der Waals surface area contributed by atoms with Gasteiger partial charge in [-0.05, 0) is 11.1 Å². The summed E-state index contributed by atoms with van der Waals surface area (Å²) in [5.74, 6) is 0. The fourth-order valence-electron chi connectivity index (χ4n) is 1.07. The maximum absolute atomic E-state index is 9.27. The molecule has 1 aromatic carbocycles. The van der Waals surface area contributed by atoms with E-state index in [1.54, 1.807) is 0 Å². The van der Waals surface area contributed by atoms with Crippen molar-refractivity contribution in [2.24, 2.45) is 5.11 Å². The molecule has 0 saturated carbocycles. The Bertz CT molecular complexity index is 323. The Hall–Kier alpha value is -1.55. The van der Waals surface area contributed by atoms with Crippen molar-refractivity contribution >= 4 is 0 Å². The number of aliphatic hydroxyl groups is 1. The van der Waals surface area contributed by atoms with E-state index in [0.29, 0.717) is 6.61 Å². The Balaban J connectivity index is 2.19. The summed E-state index contributed by atoms with van der Waals surface area (Å²) in [7, 11) is 0. The molecule has 0 bridgehead atoms. The summed E-state index contributed by atoms with van der Waals surface area (Å²) in [6, 6.07) is 9.67. The van der Waals surface area contributed by atoms with Gasteiger partial charge in [0, 0.05) is 4.91 Å². The van der Waals surface area contributed by atoms with Gasteiger partial charge in [-0.15, -0.1) is 0 Å². The number of hydrogen-bond donors (Lipinski definition) is 1. The molecule has 0 aliphatic heterocycles. The summed E-state index contributed by atoms with van der Waals surface area (Å²) in [5.41, 5.74) is 9.07. The Morgan fingerprint density at radius 3 is 2.80 bits per heavy atom. The van der Waals surface area contributed by atoms with Crippen molar-refractivity contribution < 1.29 is 9.84 Å². The predicted octanol–water partition coefficient (Wildman–Crippen LogP) is 1.87. The van der Waals surface area contributed by atoms with Crippen molar-refractivity contribution in [3.8, 4) is 0 Å². The molecule has 1 atom stereocenters. The van der Waals surface area contributed by atoms with E-state index < -0.39 is 6.10 Å². The number of benzene rings is 1. The van der Waals surface area contributed by atoms with Gasteiger partial charge in [-0.3, -0.25) is 0 Å². The van der Waals surface area contributed by atoms with Gasteiger partial charge in [-0.25, -0.2) is 0 Å². The molecule has 0 heterocycles. The van der Waals surface area contributed by atoms with E-state index in [9.17, 15) is 5.11 Å². The molecule has 1 rings (SSSR count). The molecular weight excluding hydrogens is 194 g/mol. The third-order valence-corrected chi connectivity index (χ3v) is 1.78. The van der Waals surface area contributed by atoms with Crippen LogP contribution in [-0.2, 0) is 11.3 Å². The quantitative estimate of drug-likeness (QED) is 0.439. The number of ether oxygens (including phenoxy) is 1.